The summed E-state index contributed by atoms with van der Waals surface area (Å²) in [6.45, 7) is 3.37. The van der Waals surface area contributed by atoms with Crippen LogP contribution in [0.25, 0.3) is 23.1 Å². The fourth-order valence-corrected chi connectivity index (χ4v) is 4.05. The Morgan fingerprint density at radius 3 is 2.48 bits per heavy atom. The molecule has 0 radical (unpaired) electrons. The van der Waals surface area contributed by atoms with Crippen molar-refractivity contribution >= 4 is 19.2 Å². The molecule has 8 heteroatoms. The normalized spacial score (nSPS) is 12.3. The van der Waals surface area contributed by atoms with E-state index in [0.717, 1.165) is 24.0 Å². The summed E-state index contributed by atoms with van der Waals surface area (Å²) in [6.07, 6.45) is 6.76. The molecule has 0 unspecified atom stereocenters. The predicted molar refractivity (Wildman–Crippen MR) is 131 cm³/mol. The van der Waals surface area contributed by atoms with Gasteiger partial charge in [-0.05, 0) is 54.6 Å². The van der Waals surface area contributed by atoms with Crippen LogP contribution in [0, 0.1) is 0 Å². The predicted octanol–water partition coefficient (Wildman–Crippen LogP) is 5.51. The number of hydrogen-bond acceptors (Lipinski definition) is 5. The van der Waals surface area contributed by atoms with E-state index < -0.39 is 7.60 Å². The maximum Gasteiger partial charge on any atom is 0.325 e. The third-order valence-corrected chi connectivity index (χ3v) is 6.16. The summed E-state index contributed by atoms with van der Waals surface area (Å²) in [6, 6.07) is 18.1. The molecule has 0 saturated heterocycles. The first kappa shape index (κ1) is 25.1. The number of benzene rings is 2. The molecule has 3 N–H and O–H groups in total. The molecule has 0 aliphatic heterocycles. The fraction of sp³-hybridized carbons (Fsp3) is 0.360. The highest BCUT2D eigenvalue weighted by atomic mass is 31.2. The average molecular weight is 470 g/mol. The molecule has 33 heavy (non-hydrogen) atoms. The number of rotatable bonds is 13. The topological polar surface area (TPSA) is 108 Å². The van der Waals surface area contributed by atoms with E-state index >= 15 is 0 Å². The number of aromatic nitrogens is 2. The minimum Gasteiger partial charge on any atom is -0.417 e. The molecule has 0 spiro atoms. The quantitative estimate of drug-likeness (QED) is 0.224. The standard InChI is InChI=1S/C25H32N3O4P/c1-2-3-5-11-23(21-9-6-4-7-10-21)18-24-27-28-25(32-24)22-14-12-20(13-15-22)19-26-16-8-17-33(29,30)31/h4,6-7,9-10,12-15,18,26H,2-3,5,8,11,16-17,19H2,1H3,(H2,29,30,31)/b23-18-. The van der Waals surface area contributed by atoms with Gasteiger partial charge in [0.2, 0.25) is 11.8 Å². The highest BCUT2D eigenvalue weighted by Gasteiger charge is 2.11. The third kappa shape index (κ3) is 8.71. The van der Waals surface area contributed by atoms with E-state index in [2.05, 4.69) is 34.6 Å². The Morgan fingerprint density at radius 1 is 1.03 bits per heavy atom. The molecule has 1 heterocycles. The van der Waals surface area contributed by atoms with Gasteiger partial charge < -0.3 is 19.5 Å². The van der Waals surface area contributed by atoms with E-state index in [-0.39, 0.29) is 6.16 Å². The molecule has 2 aromatic carbocycles. The number of nitrogens with zero attached hydrogens (tertiary/aromatic N) is 2. The molecule has 0 saturated carbocycles. The summed E-state index contributed by atoms with van der Waals surface area (Å²) in [5.41, 5.74) is 4.28. The monoisotopic (exact) mass is 469 g/mol. The maximum atomic E-state index is 10.9. The summed E-state index contributed by atoms with van der Waals surface area (Å²) in [4.78, 5) is 17.8. The molecule has 0 aliphatic rings. The van der Waals surface area contributed by atoms with Gasteiger partial charge in [0.1, 0.15) is 0 Å². The van der Waals surface area contributed by atoms with E-state index in [9.17, 15) is 4.57 Å². The zero-order valence-electron chi connectivity index (χ0n) is 19.0. The molecule has 0 aliphatic carbocycles. The first-order chi connectivity index (χ1) is 15.9. The van der Waals surface area contributed by atoms with E-state index in [4.69, 9.17) is 14.2 Å². The van der Waals surface area contributed by atoms with Crippen LogP contribution >= 0.6 is 7.60 Å². The van der Waals surface area contributed by atoms with Crippen molar-refractivity contribution in [3.63, 3.8) is 0 Å². The second kappa shape index (κ2) is 12.6. The van der Waals surface area contributed by atoms with Gasteiger partial charge in [0, 0.05) is 18.2 Å². The minimum atomic E-state index is -3.92. The van der Waals surface area contributed by atoms with Crippen molar-refractivity contribution in [2.45, 2.75) is 45.6 Å². The lowest BCUT2D eigenvalue weighted by Crippen LogP contribution is -2.15. The number of unbranched alkanes of at least 4 members (excludes halogenated alkanes) is 2. The van der Waals surface area contributed by atoms with Crippen LogP contribution in [0.4, 0.5) is 0 Å². The molecule has 0 bridgehead atoms. The zero-order valence-corrected chi connectivity index (χ0v) is 19.9. The molecule has 7 nitrogen and oxygen atoms in total. The van der Waals surface area contributed by atoms with Gasteiger partial charge in [-0.25, -0.2) is 0 Å². The maximum absolute atomic E-state index is 10.9. The van der Waals surface area contributed by atoms with Crippen molar-refractivity contribution in [1.82, 2.24) is 15.5 Å². The van der Waals surface area contributed by atoms with Crippen LogP contribution in [0.1, 0.15) is 56.0 Å². The van der Waals surface area contributed by atoms with E-state index in [1.165, 1.54) is 24.0 Å². The van der Waals surface area contributed by atoms with Crippen LogP contribution in [0.5, 0.6) is 0 Å². The smallest absolute Gasteiger partial charge is 0.325 e. The zero-order chi connectivity index (χ0) is 23.5. The van der Waals surface area contributed by atoms with Crippen LogP contribution in [0.15, 0.2) is 59.0 Å². The Balaban J connectivity index is 1.62. The summed E-state index contributed by atoms with van der Waals surface area (Å²) < 4.78 is 16.8. The van der Waals surface area contributed by atoms with Crippen molar-refractivity contribution in [1.29, 1.82) is 0 Å². The molecule has 3 aromatic rings. The second-order valence-corrected chi connectivity index (χ2v) is 9.83. The lowest BCUT2D eigenvalue weighted by molar-refractivity contribution is 0.371. The minimum absolute atomic E-state index is 0.0997. The van der Waals surface area contributed by atoms with Crippen LogP contribution in [0.3, 0.4) is 0 Å². The van der Waals surface area contributed by atoms with Gasteiger partial charge in [0.05, 0.1) is 6.16 Å². The van der Waals surface area contributed by atoms with Gasteiger partial charge in [-0.2, -0.15) is 0 Å². The number of hydrogen-bond donors (Lipinski definition) is 3. The first-order valence-electron chi connectivity index (χ1n) is 11.4. The molecule has 0 atom stereocenters. The lowest BCUT2D eigenvalue weighted by Gasteiger charge is -2.07. The molecule has 1 aromatic heterocycles. The lowest BCUT2D eigenvalue weighted by atomic mass is 9.99. The Hall–Kier alpha value is -2.57. The van der Waals surface area contributed by atoms with Gasteiger partial charge in [-0.3, -0.25) is 4.57 Å². The van der Waals surface area contributed by atoms with Gasteiger partial charge in [-0.1, -0.05) is 62.2 Å². The first-order valence-corrected chi connectivity index (χ1v) is 13.2. The van der Waals surface area contributed by atoms with Crippen molar-refractivity contribution in [3.8, 4) is 11.5 Å². The molecule has 0 fully saturated rings. The Labute approximate surface area is 195 Å². The van der Waals surface area contributed by atoms with Gasteiger partial charge in [0.25, 0.3) is 0 Å². The van der Waals surface area contributed by atoms with Crippen LogP contribution in [-0.2, 0) is 11.1 Å². The van der Waals surface area contributed by atoms with Crippen molar-refractivity contribution in [2.24, 2.45) is 0 Å². The highest BCUT2D eigenvalue weighted by Crippen LogP contribution is 2.34. The highest BCUT2D eigenvalue weighted by molar-refractivity contribution is 7.51. The number of allylic oxidation sites excluding steroid dienone is 1. The number of nitrogens with one attached hydrogen (secondary N) is 1. The average Bonchev–Trinajstić information content (AvgIpc) is 3.27. The SMILES string of the molecule is CCCCC/C(=C/c1nnc(-c2ccc(CNCCCP(=O)(O)O)cc2)o1)c1ccccc1. The van der Waals surface area contributed by atoms with Gasteiger partial charge in [0.15, 0.2) is 0 Å². The van der Waals surface area contributed by atoms with Crippen LogP contribution in [0.2, 0.25) is 0 Å². The fourth-order valence-electron chi connectivity index (χ4n) is 3.48. The van der Waals surface area contributed by atoms with Crippen molar-refractivity contribution < 1.29 is 18.8 Å². The molecule has 3 rings (SSSR count). The Bertz CT molecular complexity index is 1060. The Kier molecular flexibility index (Phi) is 9.58. The summed E-state index contributed by atoms with van der Waals surface area (Å²) in [7, 11) is -3.92. The van der Waals surface area contributed by atoms with Crippen LogP contribution in [-0.4, -0.2) is 32.7 Å². The van der Waals surface area contributed by atoms with Gasteiger partial charge >= 0.3 is 7.60 Å². The summed E-state index contributed by atoms with van der Waals surface area (Å²) >= 11 is 0. The van der Waals surface area contributed by atoms with Crippen LogP contribution < -0.4 is 5.32 Å². The van der Waals surface area contributed by atoms with Crippen molar-refractivity contribution in [2.75, 3.05) is 12.7 Å². The molecular formula is C25H32N3O4P. The molecule has 0 amide bonds. The van der Waals surface area contributed by atoms with Gasteiger partial charge in [-0.15, -0.1) is 10.2 Å². The Morgan fingerprint density at radius 2 is 1.79 bits per heavy atom. The second-order valence-electron chi connectivity index (χ2n) is 8.05. The summed E-state index contributed by atoms with van der Waals surface area (Å²) in [5, 5.41) is 11.6. The van der Waals surface area contributed by atoms with Crippen molar-refractivity contribution in [3.05, 3.63) is 71.6 Å². The summed E-state index contributed by atoms with van der Waals surface area (Å²) in [5.74, 6) is 0.972. The molecule has 176 valence electrons. The third-order valence-electron chi connectivity index (χ3n) is 5.27. The van der Waals surface area contributed by atoms with E-state index in [0.29, 0.717) is 31.3 Å². The largest absolute Gasteiger partial charge is 0.417 e. The molecular weight excluding hydrogens is 437 g/mol. The van der Waals surface area contributed by atoms with E-state index in [1.54, 1.807) is 0 Å². The van der Waals surface area contributed by atoms with E-state index in [1.807, 2.05) is 48.5 Å².